The lowest BCUT2D eigenvalue weighted by Crippen LogP contribution is -1.96. The van der Waals surface area contributed by atoms with E-state index in [-0.39, 0.29) is 10.8 Å². The van der Waals surface area contributed by atoms with Crippen molar-refractivity contribution in [3.63, 3.8) is 0 Å². The molecule has 0 saturated carbocycles. The summed E-state index contributed by atoms with van der Waals surface area (Å²) in [6, 6.07) is 15.5. The van der Waals surface area contributed by atoms with Gasteiger partial charge in [0.05, 0.1) is 10.7 Å². The van der Waals surface area contributed by atoms with Crippen LogP contribution >= 0.6 is 11.6 Å². The van der Waals surface area contributed by atoms with Crippen molar-refractivity contribution < 1.29 is 9.50 Å². The lowest BCUT2D eigenvalue weighted by Gasteiger charge is -2.09. The highest BCUT2D eigenvalue weighted by molar-refractivity contribution is 6.31. The molecule has 0 spiro atoms. The van der Waals surface area contributed by atoms with Gasteiger partial charge in [-0.3, -0.25) is 4.99 Å². The molecule has 0 atom stereocenters. The first kappa shape index (κ1) is 17.1. The molecule has 0 unspecified atom stereocenters. The molecule has 3 aromatic rings. The van der Waals surface area contributed by atoms with E-state index in [4.69, 9.17) is 11.6 Å². The fourth-order valence-corrected chi connectivity index (χ4v) is 2.57. The summed E-state index contributed by atoms with van der Waals surface area (Å²) >= 11 is 5.77. The summed E-state index contributed by atoms with van der Waals surface area (Å²) in [5.74, 6) is -0.438. The van der Waals surface area contributed by atoms with Crippen LogP contribution in [0.1, 0.15) is 18.2 Å². The number of aliphatic imine (C=N–C) groups is 1. The van der Waals surface area contributed by atoms with Gasteiger partial charge in [-0.2, -0.15) is 0 Å². The molecular weight excluding hydrogens is 339 g/mol. The molecule has 126 valence electrons. The summed E-state index contributed by atoms with van der Waals surface area (Å²) in [5, 5.41) is 10.6. The van der Waals surface area contributed by atoms with Gasteiger partial charge in [-0.1, -0.05) is 48.9 Å². The van der Waals surface area contributed by atoms with Crippen LogP contribution in [0.4, 0.5) is 10.1 Å². The van der Waals surface area contributed by atoms with Crippen molar-refractivity contribution in [1.82, 2.24) is 4.98 Å². The van der Waals surface area contributed by atoms with E-state index in [1.807, 2.05) is 37.3 Å². The zero-order valence-corrected chi connectivity index (χ0v) is 14.3. The van der Waals surface area contributed by atoms with Gasteiger partial charge in [-0.05, 0) is 30.7 Å². The van der Waals surface area contributed by atoms with Crippen LogP contribution in [0.2, 0.25) is 5.02 Å². The lowest BCUT2D eigenvalue weighted by atomic mass is 10.1. The molecule has 25 heavy (non-hydrogen) atoms. The third kappa shape index (κ3) is 3.86. The summed E-state index contributed by atoms with van der Waals surface area (Å²) in [7, 11) is 0. The third-order valence-electron chi connectivity index (χ3n) is 3.74. The Kier molecular flexibility index (Phi) is 5.10. The van der Waals surface area contributed by atoms with Gasteiger partial charge in [0.25, 0.3) is 0 Å². The summed E-state index contributed by atoms with van der Waals surface area (Å²) in [6.45, 7) is 1.99. The van der Waals surface area contributed by atoms with Crippen LogP contribution in [-0.4, -0.2) is 16.3 Å². The van der Waals surface area contributed by atoms with Gasteiger partial charge in [-0.25, -0.2) is 9.37 Å². The van der Waals surface area contributed by atoms with Crippen LogP contribution in [0.15, 0.2) is 59.6 Å². The summed E-state index contributed by atoms with van der Waals surface area (Å²) < 4.78 is 13.2. The largest absolute Gasteiger partial charge is 0.505 e. The quantitative estimate of drug-likeness (QED) is 0.623. The fourth-order valence-electron chi connectivity index (χ4n) is 2.40. The summed E-state index contributed by atoms with van der Waals surface area (Å²) in [4.78, 5) is 8.81. The van der Waals surface area contributed by atoms with Crippen molar-refractivity contribution >= 4 is 23.5 Å². The Bertz CT molecular complexity index is 926. The summed E-state index contributed by atoms with van der Waals surface area (Å²) in [5.41, 5.74) is 3.23. The number of aryl methyl sites for hydroxylation is 1. The maximum atomic E-state index is 13.2. The minimum absolute atomic E-state index is 0.00724. The van der Waals surface area contributed by atoms with E-state index in [1.54, 1.807) is 6.07 Å². The number of rotatable bonds is 4. The highest BCUT2D eigenvalue weighted by Gasteiger charge is 2.12. The minimum Gasteiger partial charge on any atom is -0.505 e. The number of hydrogen-bond donors (Lipinski definition) is 1. The molecule has 1 aromatic heterocycles. The number of aromatic hydroxyl groups is 1. The zero-order valence-electron chi connectivity index (χ0n) is 13.6. The number of nitrogens with zero attached hydrogens (tertiary/aromatic N) is 2. The van der Waals surface area contributed by atoms with E-state index < -0.39 is 5.82 Å². The van der Waals surface area contributed by atoms with E-state index >= 15 is 0 Å². The van der Waals surface area contributed by atoms with Gasteiger partial charge < -0.3 is 5.11 Å². The predicted octanol–water partition coefficient (Wildman–Crippen LogP) is 5.56. The van der Waals surface area contributed by atoms with Crippen molar-refractivity contribution in [3.05, 3.63) is 76.7 Å². The highest BCUT2D eigenvalue weighted by Crippen LogP contribution is 2.31. The molecule has 5 heteroatoms. The average molecular weight is 355 g/mol. The van der Waals surface area contributed by atoms with Crippen LogP contribution in [0.25, 0.3) is 11.3 Å². The normalized spacial score (nSPS) is 11.2. The average Bonchev–Trinajstić information content (AvgIpc) is 2.64. The molecule has 0 radical (unpaired) electrons. The minimum atomic E-state index is -0.494. The Morgan fingerprint density at radius 2 is 1.92 bits per heavy atom. The highest BCUT2D eigenvalue weighted by atomic mass is 35.5. The molecule has 0 saturated heterocycles. The van der Waals surface area contributed by atoms with Crippen LogP contribution < -0.4 is 0 Å². The molecule has 0 aliphatic carbocycles. The topological polar surface area (TPSA) is 45.5 Å². The molecule has 2 aromatic carbocycles. The lowest BCUT2D eigenvalue weighted by molar-refractivity contribution is 0.473. The molecule has 0 fully saturated rings. The Morgan fingerprint density at radius 3 is 2.60 bits per heavy atom. The first-order valence-electron chi connectivity index (χ1n) is 7.86. The second kappa shape index (κ2) is 7.45. The van der Waals surface area contributed by atoms with Gasteiger partial charge in [-0.15, -0.1) is 0 Å². The first-order chi connectivity index (χ1) is 12.1. The molecule has 0 amide bonds. The molecule has 0 aliphatic heterocycles. The van der Waals surface area contributed by atoms with Gasteiger partial charge in [0.2, 0.25) is 0 Å². The number of halogens is 2. The molecule has 0 aliphatic rings. The van der Waals surface area contributed by atoms with E-state index in [0.717, 1.165) is 17.7 Å². The van der Waals surface area contributed by atoms with E-state index in [2.05, 4.69) is 9.98 Å². The predicted molar refractivity (Wildman–Crippen MR) is 99.4 cm³/mol. The van der Waals surface area contributed by atoms with Gasteiger partial charge >= 0.3 is 0 Å². The maximum Gasteiger partial charge on any atom is 0.150 e. The van der Waals surface area contributed by atoms with E-state index in [1.165, 1.54) is 24.4 Å². The maximum absolute atomic E-state index is 13.2. The molecule has 3 nitrogen and oxygen atoms in total. The van der Waals surface area contributed by atoms with E-state index in [0.29, 0.717) is 16.9 Å². The van der Waals surface area contributed by atoms with E-state index in [9.17, 15) is 9.50 Å². The standard InChI is InChI=1S/C20H16ClFN2O/c1-2-15-10-14(12-23-16-8-9-18(22)17(21)11-16)20(25)19(24-15)13-6-4-3-5-7-13/h3-12,25H,2H2,1H3. The van der Waals surface area contributed by atoms with Crippen LogP contribution in [-0.2, 0) is 6.42 Å². The monoisotopic (exact) mass is 354 g/mol. The Morgan fingerprint density at radius 1 is 1.16 bits per heavy atom. The smallest absolute Gasteiger partial charge is 0.150 e. The molecular formula is C20H16ClFN2O. The van der Waals surface area contributed by atoms with Crippen molar-refractivity contribution in [2.75, 3.05) is 0 Å². The molecule has 1 N–H and O–H groups in total. The first-order valence-corrected chi connectivity index (χ1v) is 8.23. The Balaban J connectivity index is 2.03. The van der Waals surface area contributed by atoms with Gasteiger partial charge in [0.1, 0.15) is 11.5 Å². The van der Waals surface area contributed by atoms with Crippen LogP contribution in [0, 0.1) is 5.82 Å². The second-order valence-electron chi connectivity index (χ2n) is 5.48. The SMILES string of the molecule is CCc1cc(C=Nc2ccc(F)c(Cl)c2)c(O)c(-c2ccccc2)n1. The van der Waals surface area contributed by atoms with Crippen molar-refractivity contribution in [2.24, 2.45) is 4.99 Å². The van der Waals surface area contributed by atoms with Crippen molar-refractivity contribution in [3.8, 4) is 17.0 Å². The zero-order chi connectivity index (χ0) is 17.8. The van der Waals surface area contributed by atoms with Crippen molar-refractivity contribution in [2.45, 2.75) is 13.3 Å². The fraction of sp³-hybridized carbons (Fsp3) is 0.100. The molecule has 3 rings (SSSR count). The van der Waals surface area contributed by atoms with Gasteiger partial charge in [0, 0.05) is 23.0 Å². The van der Waals surface area contributed by atoms with Gasteiger partial charge in [0.15, 0.2) is 5.75 Å². The summed E-state index contributed by atoms with van der Waals surface area (Å²) in [6.07, 6.45) is 2.26. The Labute approximate surface area is 150 Å². The molecule has 0 bridgehead atoms. The third-order valence-corrected chi connectivity index (χ3v) is 4.03. The Hall–Kier alpha value is -2.72. The van der Waals surface area contributed by atoms with Crippen LogP contribution in [0.3, 0.4) is 0 Å². The van der Waals surface area contributed by atoms with Crippen LogP contribution in [0.5, 0.6) is 5.75 Å². The van der Waals surface area contributed by atoms with Crippen molar-refractivity contribution in [1.29, 1.82) is 0 Å². The number of hydrogen-bond acceptors (Lipinski definition) is 3. The molecule has 1 heterocycles. The number of pyridine rings is 1. The second-order valence-corrected chi connectivity index (χ2v) is 5.88. The number of benzene rings is 2. The number of aromatic nitrogens is 1.